The molecule has 226 valence electrons. The number of hydrogen-bond acceptors (Lipinski definition) is 6. The Balaban J connectivity index is 2.05. The Hall–Kier alpha value is -4.05. The van der Waals surface area contributed by atoms with E-state index < -0.39 is 34.1 Å². The van der Waals surface area contributed by atoms with E-state index in [2.05, 4.69) is 5.32 Å². The van der Waals surface area contributed by atoms with Crippen LogP contribution in [0.15, 0.2) is 83.8 Å². The number of hydrogen-bond donors (Lipinski definition) is 1. The van der Waals surface area contributed by atoms with Crippen LogP contribution in [0.1, 0.15) is 46.6 Å². The van der Waals surface area contributed by atoms with Crippen molar-refractivity contribution in [3.8, 4) is 11.5 Å². The van der Waals surface area contributed by atoms with Crippen molar-refractivity contribution in [2.75, 3.05) is 24.6 Å². The average Bonchev–Trinajstić information content (AvgIpc) is 2.95. The molecule has 0 radical (unpaired) electrons. The summed E-state index contributed by atoms with van der Waals surface area (Å²) in [5.74, 6) is 0.309. The zero-order valence-corrected chi connectivity index (χ0v) is 26.0. The second-order valence-corrected chi connectivity index (χ2v) is 12.7. The predicted molar refractivity (Wildman–Crippen MR) is 164 cm³/mol. The van der Waals surface area contributed by atoms with Gasteiger partial charge in [-0.05, 0) is 88.2 Å². The van der Waals surface area contributed by atoms with Gasteiger partial charge >= 0.3 is 0 Å². The van der Waals surface area contributed by atoms with E-state index in [9.17, 15) is 18.0 Å². The summed E-state index contributed by atoms with van der Waals surface area (Å²) in [5.41, 5.74) is 0.543. The summed E-state index contributed by atoms with van der Waals surface area (Å²) in [5, 5.41) is 2.97. The standard InChI is InChI=1S/C32H41N3O6S/c1-7-29(31(37)33-32(3,4)5)34(22-24-13-12-16-27(21-24)40-6)30(36)23-35(25-14-10-9-11-15-25)42(38,39)28-19-17-26(18-20-28)41-8-2/h9-21,29H,7-8,22-23H2,1-6H3,(H,33,37)/t29-/m0/s1. The van der Waals surface area contributed by atoms with Gasteiger partial charge in [0.25, 0.3) is 10.0 Å². The number of methoxy groups -OCH3 is 1. The van der Waals surface area contributed by atoms with Crippen molar-refractivity contribution in [1.29, 1.82) is 0 Å². The summed E-state index contributed by atoms with van der Waals surface area (Å²) >= 11 is 0. The molecule has 10 heteroatoms. The molecule has 2 amide bonds. The fourth-order valence-corrected chi connectivity index (χ4v) is 5.88. The van der Waals surface area contributed by atoms with Crippen molar-refractivity contribution in [1.82, 2.24) is 10.2 Å². The molecule has 0 unspecified atom stereocenters. The Bertz CT molecular complexity index is 1440. The molecule has 0 saturated carbocycles. The highest BCUT2D eigenvalue weighted by molar-refractivity contribution is 7.92. The number of ether oxygens (including phenoxy) is 2. The summed E-state index contributed by atoms with van der Waals surface area (Å²) in [6, 6.07) is 20.9. The Kier molecular flexibility index (Phi) is 11.0. The van der Waals surface area contributed by atoms with E-state index >= 15 is 0 Å². The van der Waals surface area contributed by atoms with Crippen molar-refractivity contribution < 1.29 is 27.5 Å². The Labute approximate surface area is 249 Å². The monoisotopic (exact) mass is 595 g/mol. The molecule has 0 bridgehead atoms. The molecule has 0 heterocycles. The number of nitrogens with one attached hydrogen (secondary N) is 1. The van der Waals surface area contributed by atoms with Gasteiger partial charge in [-0.3, -0.25) is 13.9 Å². The third kappa shape index (κ3) is 8.48. The largest absolute Gasteiger partial charge is 0.497 e. The van der Waals surface area contributed by atoms with Gasteiger partial charge in [0.1, 0.15) is 24.1 Å². The number of nitrogens with zero attached hydrogens (tertiary/aromatic N) is 2. The molecule has 0 spiro atoms. The number of anilines is 1. The summed E-state index contributed by atoms with van der Waals surface area (Å²) < 4.78 is 39.9. The first-order valence-corrected chi connectivity index (χ1v) is 15.4. The molecule has 9 nitrogen and oxygen atoms in total. The lowest BCUT2D eigenvalue weighted by Crippen LogP contribution is -2.55. The number of rotatable bonds is 13. The van der Waals surface area contributed by atoms with Crippen molar-refractivity contribution in [3.63, 3.8) is 0 Å². The van der Waals surface area contributed by atoms with Gasteiger partial charge in [0.2, 0.25) is 11.8 Å². The topological polar surface area (TPSA) is 105 Å². The van der Waals surface area contributed by atoms with Crippen LogP contribution in [-0.2, 0) is 26.2 Å². The third-order valence-corrected chi connectivity index (χ3v) is 8.21. The summed E-state index contributed by atoms with van der Waals surface area (Å²) in [6.07, 6.45) is 0.328. The summed E-state index contributed by atoms with van der Waals surface area (Å²) in [7, 11) is -2.62. The van der Waals surface area contributed by atoms with Crippen LogP contribution in [0.4, 0.5) is 5.69 Å². The molecule has 0 fully saturated rings. The van der Waals surface area contributed by atoms with E-state index in [1.165, 1.54) is 17.0 Å². The molecular formula is C32H41N3O6S. The van der Waals surface area contributed by atoms with Gasteiger partial charge < -0.3 is 19.7 Å². The van der Waals surface area contributed by atoms with Crippen molar-refractivity contribution in [2.45, 2.75) is 64.1 Å². The van der Waals surface area contributed by atoms with Gasteiger partial charge in [-0.2, -0.15) is 0 Å². The van der Waals surface area contributed by atoms with Crippen molar-refractivity contribution >= 4 is 27.5 Å². The Morgan fingerprint density at radius 3 is 2.14 bits per heavy atom. The van der Waals surface area contributed by atoms with Gasteiger partial charge in [0.05, 0.1) is 24.3 Å². The van der Waals surface area contributed by atoms with Crippen LogP contribution in [0.25, 0.3) is 0 Å². The molecule has 0 aliphatic rings. The Morgan fingerprint density at radius 1 is 0.905 bits per heavy atom. The van der Waals surface area contributed by atoms with E-state index in [0.717, 1.165) is 9.87 Å². The van der Waals surface area contributed by atoms with Crippen LogP contribution >= 0.6 is 0 Å². The minimum absolute atomic E-state index is 0.0134. The van der Waals surface area contributed by atoms with E-state index in [4.69, 9.17) is 9.47 Å². The second kappa shape index (κ2) is 14.2. The molecule has 0 aliphatic carbocycles. The first-order valence-electron chi connectivity index (χ1n) is 13.9. The van der Waals surface area contributed by atoms with Crippen LogP contribution < -0.4 is 19.1 Å². The minimum Gasteiger partial charge on any atom is -0.497 e. The quantitative estimate of drug-likeness (QED) is 0.298. The smallest absolute Gasteiger partial charge is 0.264 e. The van der Waals surface area contributed by atoms with Gasteiger partial charge in [0.15, 0.2) is 0 Å². The van der Waals surface area contributed by atoms with Crippen LogP contribution in [0.5, 0.6) is 11.5 Å². The lowest BCUT2D eigenvalue weighted by molar-refractivity contribution is -0.141. The van der Waals surface area contributed by atoms with E-state index in [1.807, 2.05) is 40.7 Å². The SMILES string of the molecule is CCOc1ccc(S(=O)(=O)N(CC(=O)N(Cc2cccc(OC)c2)[C@@H](CC)C(=O)NC(C)(C)C)c2ccccc2)cc1. The Morgan fingerprint density at radius 2 is 1.57 bits per heavy atom. The first-order chi connectivity index (χ1) is 19.9. The third-order valence-electron chi connectivity index (χ3n) is 6.42. The number of carbonyl (C=O) groups is 2. The van der Waals surface area contributed by atoms with E-state index in [0.29, 0.717) is 30.2 Å². The van der Waals surface area contributed by atoms with Crippen LogP contribution in [-0.4, -0.2) is 57.0 Å². The average molecular weight is 596 g/mol. The number of para-hydroxylation sites is 1. The normalized spacial score (nSPS) is 12.2. The molecule has 3 aromatic rings. The van der Waals surface area contributed by atoms with Crippen LogP contribution in [0.3, 0.4) is 0 Å². The van der Waals surface area contributed by atoms with E-state index in [1.54, 1.807) is 67.8 Å². The first kappa shape index (κ1) is 32.5. The second-order valence-electron chi connectivity index (χ2n) is 10.8. The van der Waals surface area contributed by atoms with Crippen molar-refractivity contribution in [2.24, 2.45) is 0 Å². The summed E-state index contributed by atoms with van der Waals surface area (Å²) in [6.45, 7) is 9.29. The van der Waals surface area contributed by atoms with Gasteiger partial charge in [-0.15, -0.1) is 0 Å². The van der Waals surface area contributed by atoms with Gasteiger partial charge in [0, 0.05) is 12.1 Å². The summed E-state index contributed by atoms with van der Waals surface area (Å²) in [4.78, 5) is 29.1. The van der Waals surface area contributed by atoms with Crippen LogP contribution in [0.2, 0.25) is 0 Å². The molecule has 0 aromatic heterocycles. The van der Waals surface area contributed by atoms with Crippen molar-refractivity contribution in [3.05, 3.63) is 84.4 Å². The maximum Gasteiger partial charge on any atom is 0.264 e. The number of benzene rings is 3. The molecule has 1 atom stereocenters. The maximum absolute atomic E-state index is 14.2. The molecule has 3 rings (SSSR count). The minimum atomic E-state index is -4.17. The lowest BCUT2D eigenvalue weighted by atomic mass is 10.1. The fourth-order valence-electron chi connectivity index (χ4n) is 4.46. The highest BCUT2D eigenvalue weighted by Crippen LogP contribution is 2.26. The number of amides is 2. The van der Waals surface area contributed by atoms with Gasteiger partial charge in [-0.25, -0.2) is 8.42 Å². The maximum atomic E-state index is 14.2. The lowest BCUT2D eigenvalue weighted by Gasteiger charge is -2.34. The molecule has 0 aliphatic heterocycles. The highest BCUT2D eigenvalue weighted by atomic mass is 32.2. The molecular weight excluding hydrogens is 554 g/mol. The predicted octanol–water partition coefficient (Wildman–Crippen LogP) is 5.01. The number of sulfonamides is 1. The fraction of sp³-hybridized carbons (Fsp3) is 0.375. The van der Waals surface area contributed by atoms with Gasteiger partial charge in [-0.1, -0.05) is 37.3 Å². The van der Waals surface area contributed by atoms with Crippen LogP contribution in [0, 0.1) is 0 Å². The zero-order chi connectivity index (χ0) is 30.9. The molecule has 42 heavy (non-hydrogen) atoms. The zero-order valence-electron chi connectivity index (χ0n) is 25.2. The highest BCUT2D eigenvalue weighted by Gasteiger charge is 2.34. The van der Waals surface area contributed by atoms with E-state index in [-0.39, 0.29) is 17.3 Å². The molecule has 0 saturated heterocycles. The number of carbonyl (C=O) groups excluding carboxylic acids is 2. The molecule has 1 N–H and O–H groups in total. The molecule has 3 aromatic carbocycles.